The van der Waals surface area contributed by atoms with Gasteiger partial charge in [0.05, 0.1) is 0 Å². The quantitative estimate of drug-likeness (QED) is 0.619. The Labute approximate surface area is 165 Å². The van der Waals surface area contributed by atoms with Crippen molar-refractivity contribution < 1.29 is 27.8 Å². The van der Waals surface area contributed by atoms with Crippen LogP contribution in [0.15, 0.2) is 66.7 Å². The summed E-state index contributed by atoms with van der Waals surface area (Å²) < 4.78 is 34.4. The van der Waals surface area contributed by atoms with E-state index in [-0.39, 0.29) is 11.3 Å². The number of fused-ring (bicyclic) bond motifs is 1. The van der Waals surface area contributed by atoms with Gasteiger partial charge in [-0.1, -0.05) is 36.4 Å². The lowest BCUT2D eigenvalue weighted by Gasteiger charge is -2.15. The number of carbonyl (C=O) groups excluding carboxylic acids is 2. The van der Waals surface area contributed by atoms with E-state index in [1.54, 1.807) is 6.07 Å². The van der Waals surface area contributed by atoms with Crippen LogP contribution in [0.3, 0.4) is 0 Å². The molecule has 29 heavy (non-hydrogen) atoms. The first-order valence-electron chi connectivity index (χ1n) is 8.73. The molecule has 0 aliphatic rings. The maximum Gasteiger partial charge on any atom is 0.387 e. The summed E-state index contributed by atoms with van der Waals surface area (Å²) in [7, 11) is 0. The van der Waals surface area contributed by atoms with Gasteiger partial charge in [-0.2, -0.15) is 8.78 Å². The molecular weight excluding hydrogens is 382 g/mol. The number of alkyl halides is 2. The lowest BCUT2D eigenvalue weighted by Crippen LogP contribution is -2.47. The number of hydrogen-bond acceptors (Lipinski definition) is 4. The largest absolute Gasteiger partial charge is 0.481 e. The van der Waals surface area contributed by atoms with Crippen molar-refractivity contribution in [3.05, 3.63) is 72.3 Å². The molecule has 8 heteroatoms. The van der Waals surface area contributed by atoms with Gasteiger partial charge in [0.1, 0.15) is 11.5 Å². The number of rotatable bonds is 6. The molecule has 3 aromatic carbocycles. The van der Waals surface area contributed by atoms with E-state index in [4.69, 9.17) is 4.74 Å². The summed E-state index contributed by atoms with van der Waals surface area (Å²) >= 11 is 0. The minimum Gasteiger partial charge on any atom is -0.481 e. The molecule has 0 aliphatic carbocycles. The fraction of sp³-hybridized carbons (Fsp3) is 0.143. The van der Waals surface area contributed by atoms with Gasteiger partial charge in [-0.25, -0.2) is 0 Å². The van der Waals surface area contributed by atoms with Crippen LogP contribution in [0.25, 0.3) is 10.8 Å². The minimum absolute atomic E-state index is 0.0477. The molecule has 0 aliphatic heterocycles. The number of hydrogen-bond donors (Lipinski definition) is 2. The summed E-state index contributed by atoms with van der Waals surface area (Å²) in [6.45, 7) is -1.46. The summed E-state index contributed by atoms with van der Waals surface area (Å²) in [6.07, 6.45) is -0.884. The fourth-order valence-electron chi connectivity index (χ4n) is 2.60. The van der Waals surface area contributed by atoms with Crippen molar-refractivity contribution >= 4 is 22.6 Å². The summed E-state index contributed by atoms with van der Waals surface area (Å²) in [4.78, 5) is 24.3. The first-order valence-corrected chi connectivity index (χ1v) is 8.73. The zero-order valence-corrected chi connectivity index (χ0v) is 15.4. The fourth-order valence-corrected chi connectivity index (χ4v) is 2.60. The van der Waals surface area contributed by atoms with Crippen molar-refractivity contribution in [2.75, 3.05) is 0 Å². The Morgan fingerprint density at radius 1 is 0.828 bits per heavy atom. The van der Waals surface area contributed by atoms with E-state index in [1.165, 1.54) is 25.1 Å². The average Bonchev–Trinajstić information content (AvgIpc) is 2.71. The highest BCUT2D eigenvalue weighted by Gasteiger charge is 2.16. The van der Waals surface area contributed by atoms with E-state index in [2.05, 4.69) is 15.6 Å². The lowest BCUT2D eigenvalue weighted by molar-refractivity contribution is -0.128. The van der Waals surface area contributed by atoms with Gasteiger partial charge >= 0.3 is 6.61 Å². The van der Waals surface area contributed by atoms with Crippen LogP contribution in [-0.2, 0) is 4.79 Å². The predicted molar refractivity (Wildman–Crippen MR) is 103 cm³/mol. The Morgan fingerprint density at radius 2 is 1.55 bits per heavy atom. The van der Waals surface area contributed by atoms with Gasteiger partial charge < -0.3 is 9.47 Å². The molecule has 3 aromatic rings. The minimum atomic E-state index is -3.00. The van der Waals surface area contributed by atoms with Crippen molar-refractivity contribution in [2.24, 2.45) is 0 Å². The normalized spacial score (nSPS) is 11.7. The Balaban J connectivity index is 1.56. The van der Waals surface area contributed by atoms with Gasteiger partial charge in [-0.3, -0.25) is 20.4 Å². The van der Waals surface area contributed by atoms with Crippen LogP contribution < -0.4 is 20.3 Å². The van der Waals surface area contributed by atoms with Gasteiger partial charge in [0.2, 0.25) is 0 Å². The number of benzene rings is 3. The predicted octanol–water partition coefficient (Wildman–Crippen LogP) is 3.67. The van der Waals surface area contributed by atoms with Crippen LogP contribution in [-0.4, -0.2) is 24.5 Å². The first-order chi connectivity index (χ1) is 13.9. The maximum absolute atomic E-state index is 12.3. The summed E-state index contributed by atoms with van der Waals surface area (Å²) in [5, 5.41) is 2.01. The topological polar surface area (TPSA) is 76.7 Å². The highest BCUT2D eigenvalue weighted by molar-refractivity contribution is 5.96. The van der Waals surface area contributed by atoms with Crippen LogP contribution in [0.5, 0.6) is 11.5 Å². The third kappa shape index (κ3) is 5.41. The smallest absolute Gasteiger partial charge is 0.387 e. The number of carbonyl (C=O) groups is 2. The molecule has 0 saturated heterocycles. The molecule has 6 nitrogen and oxygen atoms in total. The van der Waals surface area contributed by atoms with E-state index >= 15 is 0 Å². The monoisotopic (exact) mass is 400 g/mol. The Kier molecular flexibility index (Phi) is 6.23. The van der Waals surface area contributed by atoms with Crippen molar-refractivity contribution in [1.82, 2.24) is 10.9 Å². The average molecular weight is 400 g/mol. The van der Waals surface area contributed by atoms with Crippen LogP contribution in [0.1, 0.15) is 17.3 Å². The van der Waals surface area contributed by atoms with Crippen molar-refractivity contribution in [3.63, 3.8) is 0 Å². The lowest BCUT2D eigenvalue weighted by atomic mass is 10.1. The number of ether oxygens (including phenoxy) is 2. The molecule has 0 heterocycles. The second-order valence-electron chi connectivity index (χ2n) is 6.12. The van der Waals surface area contributed by atoms with Crippen LogP contribution >= 0.6 is 0 Å². The molecule has 2 N–H and O–H groups in total. The number of amides is 2. The summed E-state index contributed by atoms with van der Waals surface area (Å²) in [5.74, 6) is -0.913. The molecule has 1 atom stereocenters. The zero-order valence-electron chi connectivity index (χ0n) is 15.4. The number of nitrogens with one attached hydrogen (secondary N) is 2. The third-order valence-electron chi connectivity index (χ3n) is 4.02. The summed E-state index contributed by atoms with van der Waals surface area (Å²) in [6, 6.07) is 18.4. The second kappa shape index (κ2) is 9.01. The van der Waals surface area contributed by atoms with Gasteiger partial charge in [-0.15, -0.1) is 0 Å². The Bertz CT molecular complexity index is 1030. The molecule has 0 spiro atoms. The highest BCUT2D eigenvalue weighted by atomic mass is 19.3. The van der Waals surface area contributed by atoms with E-state index in [9.17, 15) is 18.4 Å². The van der Waals surface area contributed by atoms with Gasteiger partial charge in [0.15, 0.2) is 6.10 Å². The van der Waals surface area contributed by atoms with Crippen molar-refractivity contribution in [2.45, 2.75) is 19.6 Å². The standard InChI is InChI=1S/C21H18F2N2O4/c1-13(28-18-10-9-14-5-2-3-6-15(14)11-18)19(26)24-25-20(27)16-7-4-8-17(12-16)29-21(22)23/h2-13,21H,1H3,(H,24,26)(H,25,27)/t13-/m0/s1. The molecule has 0 unspecified atom stereocenters. The zero-order chi connectivity index (χ0) is 20.8. The van der Waals surface area contributed by atoms with Gasteiger partial charge in [0, 0.05) is 5.56 Å². The third-order valence-corrected chi connectivity index (χ3v) is 4.02. The van der Waals surface area contributed by atoms with Crippen molar-refractivity contribution in [3.8, 4) is 11.5 Å². The summed E-state index contributed by atoms with van der Waals surface area (Å²) in [5.41, 5.74) is 4.51. The van der Waals surface area contributed by atoms with Crippen molar-refractivity contribution in [1.29, 1.82) is 0 Å². The molecular formula is C21H18F2N2O4. The molecule has 0 fully saturated rings. The number of hydrazine groups is 1. The molecule has 0 saturated carbocycles. The first kappa shape index (κ1) is 20.1. The molecule has 150 valence electrons. The van der Waals surface area contributed by atoms with E-state index < -0.39 is 24.5 Å². The second-order valence-corrected chi connectivity index (χ2v) is 6.12. The van der Waals surface area contributed by atoms with Crippen LogP contribution in [0.4, 0.5) is 8.78 Å². The van der Waals surface area contributed by atoms with Crippen LogP contribution in [0.2, 0.25) is 0 Å². The Hall–Kier alpha value is -3.68. The SMILES string of the molecule is C[C@H](Oc1ccc2ccccc2c1)C(=O)NNC(=O)c1cccc(OC(F)F)c1. The van der Waals surface area contributed by atoms with Gasteiger partial charge in [0.25, 0.3) is 11.8 Å². The molecule has 0 aromatic heterocycles. The maximum atomic E-state index is 12.3. The molecule has 2 amide bonds. The number of halogens is 2. The van der Waals surface area contributed by atoms with E-state index in [0.29, 0.717) is 5.75 Å². The Morgan fingerprint density at radius 3 is 2.31 bits per heavy atom. The molecule has 0 bridgehead atoms. The van der Waals surface area contributed by atoms with Gasteiger partial charge in [-0.05, 0) is 48.0 Å². The molecule has 3 rings (SSSR count). The van der Waals surface area contributed by atoms with Crippen LogP contribution in [0, 0.1) is 0 Å². The highest BCUT2D eigenvalue weighted by Crippen LogP contribution is 2.21. The van der Waals surface area contributed by atoms with E-state index in [0.717, 1.165) is 16.8 Å². The van der Waals surface area contributed by atoms with E-state index in [1.807, 2.05) is 36.4 Å². The molecule has 0 radical (unpaired) electrons.